The number of hydrogen-bond donors (Lipinski definition) is 0. The monoisotopic (exact) mass is 789 g/mol. The number of fused-ring (bicyclic) bond motifs is 3. The summed E-state index contributed by atoms with van der Waals surface area (Å²) in [6.07, 6.45) is 0. The van der Waals surface area contributed by atoms with Crippen LogP contribution in [-0.4, -0.2) is 0 Å². The molecule has 0 amide bonds. The molecule has 0 spiro atoms. The van der Waals surface area contributed by atoms with Crippen LogP contribution in [0, 0.1) is 0 Å². The van der Waals surface area contributed by atoms with E-state index in [0.29, 0.717) is 0 Å². The average Bonchev–Trinajstić information content (AvgIpc) is 3.66. The van der Waals surface area contributed by atoms with Crippen LogP contribution in [0.2, 0.25) is 0 Å². The van der Waals surface area contributed by atoms with Crippen molar-refractivity contribution >= 4 is 17.1 Å². The molecule has 0 aliphatic heterocycles. The lowest BCUT2D eigenvalue weighted by molar-refractivity contribution is 0.768. The van der Waals surface area contributed by atoms with E-state index >= 15 is 0 Å². The van der Waals surface area contributed by atoms with Crippen LogP contribution in [-0.2, 0) is 5.41 Å². The number of hydrogen-bond acceptors (Lipinski definition) is 1. The van der Waals surface area contributed by atoms with E-state index in [9.17, 15) is 0 Å². The first-order chi connectivity index (χ1) is 30.7. The molecule has 0 saturated heterocycles. The molecule has 1 aliphatic carbocycles. The van der Waals surface area contributed by atoms with Gasteiger partial charge in [-0.25, -0.2) is 0 Å². The minimum atomic E-state index is -0.498. The van der Waals surface area contributed by atoms with Gasteiger partial charge in [0.1, 0.15) is 0 Å². The van der Waals surface area contributed by atoms with Crippen molar-refractivity contribution in [2.24, 2.45) is 0 Å². The molecule has 62 heavy (non-hydrogen) atoms. The molecule has 0 N–H and O–H groups in total. The smallest absolute Gasteiger partial charge is 0.0714 e. The van der Waals surface area contributed by atoms with Gasteiger partial charge in [-0.05, 0) is 114 Å². The Bertz CT molecular complexity index is 2940. The Morgan fingerprint density at radius 1 is 0.226 bits per heavy atom. The summed E-state index contributed by atoms with van der Waals surface area (Å²) < 4.78 is 0. The summed E-state index contributed by atoms with van der Waals surface area (Å²) >= 11 is 0. The minimum Gasteiger partial charge on any atom is -0.310 e. The van der Waals surface area contributed by atoms with Gasteiger partial charge in [0.2, 0.25) is 0 Å². The Labute approximate surface area is 364 Å². The maximum Gasteiger partial charge on any atom is 0.0714 e. The van der Waals surface area contributed by atoms with E-state index in [1.54, 1.807) is 0 Å². The van der Waals surface area contributed by atoms with Gasteiger partial charge in [-0.2, -0.15) is 0 Å². The van der Waals surface area contributed by atoms with Crippen molar-refractivity contribution in [3.05, 3.63) is 283 Å². The molecule has 0 atom stereocenters. The molecule has 10 aromatic carbocycles. The third kappa shape index (κ3) is 6.52. The molecule has 0 heterocycles. The molecule has 10 aromatic rings. The summed E-state index contributed by atoms with van der Waals surface area (Å²) in [5.74, 6) is 0. The Balaban J connectivity index is 1.03. The van der Waals surface area contributed by atoms with E-state index in [1.165, 1.54) is 77.9 Å². The SMILES string of the molecule is c1ccc(-c2ccc(-c3ccc(N(c4ccc(-c5ccc(-c6ccccc6)cc5)cc4)c4ccc5c(c4)C(c4ccccc4)(c4ccccc4)c4ccccc4-5)cc3)cc2)cc1. The molecule has 0 bridgehead atoms. The summed E-state index contributed by atoms with van der Waals surface area (Å²) in [4.78, 5) is 2.41. The molecule has 0 fully saturated rings. The first-order valence-electron chi connectivity index (χ1n) is 21.4. The van der Waals surface area contributed by atoms with Crippen LogP contribution >= 0.6 is 0 Å². The van der Waals surface area contributed by atoms with E-state index in [4.69, 9.17) is 0 Å². The zero-order chi connectivity index (χ0) is 41.3. The van der Waals surface area contributed by atoms with E-state index < -0.39 is 5.41 Å². The van der Waals surface area contributed by atoms with Crippen LogP contribution in [0.4, 0.5) is 17.1 Å². The Morgan fingerprint density at radius 2 is 0.532 bits per heavy atom. The summed E-state index contributed by atoms with van der Waals surface area (Å²) in [5, 5.41) is 0. The van der Waals surface area contributed by atoms with Crippen LogP contribution in [0.15, 0.2) is 261 Å². The lowest BCUT2D eigenvalue weighted by Crippen LogP contribution is -2.28. The summed E-state index contributed by atoms with van der Waals surface area (Å²) in [7, 11) is 0. The number of rotatable bonds is 9. The van der Waals surface area contributed by atoms with Gasteiger partial charge in [0.25, 0.3) is 0 Å². The predicted octanol–water partition coefficient (Wildman–Crippen LogP) is 16.2. The van der Waals surface area contributed by atoms with Crippen LogP contribution in [0.1, 0.15) is 22.3 Å². The molecular weight excluding hydrogens is 747 g/mol. The molecular formula is C61H43N. The molecule has 1 heteroatoms. The molecule has 0 saturated carbocycles. The van der Waals surface area contributed by atoms with E-state index in [2.05, 4.69) is 266 Å². The Hall–Kier alpha value is -8.00. The second-order valence-corrected chi connectivity index (χ2v) is 16.1. The second kappa shape index (κ2) is 15.9. The van der Waals surface area contributed by atoms with Gasteiger partial charge < -0.3 is 4.90 Å². The predicted molar refractivity (Wildman–Crippen MR) is 260 cm³/mol. The Kier molecular flexibility index (Phi) is 9.48. The van der Waals surface area contributed by atoms with Crippen molar-refractivity contribution in [3.8, 4) is 55.6 Å². The van der Waals surface area contributed by atoms with Crippen molar-refractivity contribution in [2.45, 2.75) is 5.41 Å². The minimum absolute atomic E-state index is 0.498. The summed E-state index contributed by atoms with van der Waals surface area (Å²) in [5.41, 5.74) is 20.1. The number of nitrogens with zero attached hydrogens (tertiary/aromatic N) is 1. The molecule has 292 valence electrons. The van der Waals surface area contributed by atoms with E-state index in [0.717, 1.165) is 17.1 Å². The van der Waals surface area contributed by atoms with Gasteiger partial charge in [0, 0.05) is 17.1 Å². The number of anilines is 3. The maximum absolute atomic E-state index is 2.45. The molecule has 0 radical (unpaired) electrons. The summed E-state index contributed by atoms with van der Waals surface area (Å²) in [6, 6.07) is 95.1. The molecule has 11 rings (SSSR count). The largest absolute Gasteiger partial charge is 0.310 e. The van der Waals surface area contributed by atoms with Gasteiger partial charge >= 0.3 is 0 Å². The quantitative estimate of drug-likeness (QED) is 0.141. The summed E-state index contributed by atoms with van der Waals surface area (Å²) in [6.45, 7) is 0. The second-order valence-electron chi connectivity index (χ2n) is 16.1. The van der Waals surface area contributed by atoms with Crippen LogP contribution in [0.25, 0.3) is 55.6 Å². The zero-order valence-electron chi connectivity index (χ0n) is 34.3. The van der Waals surface area contributed by atoms with Crippen LogP contribution in [0.5, 0.6) is 0 Å². The van der Waals surface area contributed by atoms with Crippen LogP contribution < -0.4 is 4.90 Å². The average molecular weight is 790 g/mol. The van der Waals surface area contributed by atoms with Crippen molar-refractivity contribution in [2.75, 3.05) is 4.90 Å². The van der Waals surface area contributed by atoms with E-state index in [-0.39, 0.29) is 0 Å². The standard InChI is InChI=1S/C61H43N/c1-5-15-44(16-6-1)46-25-29-48(30-26-46)50-33-37-54(38-34-50)62(55-39-35-51(36-40-55)49-31-27-47(28-32-49)45-17-7-2-8-18-45)56-41-42-58-57-23-13-14-24-59(57)61(60(58)43-56,52-19-9-3-10-20-52)53-21-11-4-12-22-53/h1-43H. The van der Waals surface area contributed by atoms with Crippen molar-refractivity contribution in [1.29, 1.82) is 0 Å². The highest BCUT2D eigenvalue weighted by molar-refractivity contribution is 5.90. The number of benzene rings is 10. The third-order valence-corrected chi connectivity index (χ3v) is 12.6. The van der Waals surface area contributed by atoms with Gasteiger partial charge in [-0.15, -0.1) is 0 Å². The van der Waals surface area contributed by atoms with Crippen molar-refractivity contribution < 1.29 is 0 Å². The Morgan fingerprint density at radius 3 is 0.952 bits per heavy atom. The van der Waals surface area contributed by atoms with Crippen molar-refractivity contribution in [3.63, 3.8) is 0 Å². The first-order valence-corrected chi connectivity index (χ1v) is 21.4. The topological polar surface area (TPSA) is 3.24 Å². The van der Waals surface area contributed by atoms with Gasteiger partial charge in [-0.1, -0.05) is 224 Å². The normalized spacial score (nSPS) is 12.3. The van der Waals surface area contributed by atoms with Gasteiger partial charge in [-0.3, -0.25) is 0 Å². The zero-order valence-corrected chi connectivity index (χ0v) is 34.3. The highest BCUT2D eigenvalue weighted by atomic mass is 15.1. The highest BCUT2D eigenvalue weighted by Gasteiger charge is 2.46. The fourth-order valence-corrected chi connectivity index (χ4v) is 9.60. The maximum atomic E-state index is 2.45. The molecule has 1 nitrogen and oxygen atoms in total. The van der Waals surface area contributed by atoms with Gasteiger partial charge in [0.05, 0.1) is 5.41 Å². The van der Waals surface area contributed by atoms with Crippen molar-refractivity contribution in [1.82, 2.24) is 0 Å². The van der Waals surface area contributed by atoms with Gasteiger partial charge in [0.15, 0.2) is 0 Å². The lowest BCUT2D eigenvalue weighted by Gasteiger charge is -2.35. The third-order valence-electron chi connectivity index (χ3n) is 12.6. The molecule has 1 aliphatic rings. The molecule has 0 unspecified atom stereocenters. The molecule has 0 aromatic heterocycles. The van der Waals surface area contributed by atoms with Crippen LogP contribution in [0.3, 0.4) is 0 Å². The first kappa shape index (κ1) is 37.0. The lowest BCUT2D eigenvalue weighted by atomic mass is 9.67. The fraction of sp³-hybridized carbons (Fsp3) is 0.0164. The van der Waals surface area contributed by atoms with E-state index in [1.807, 2.05) is 0 Å². The fourth-order valence-electron chi connectivity index (χ4n) is 9.60. The highest BCUT2D eigenvalue weighted by Crippen LogP contribution is 2.57.